The zero-order chi connectivity index (χ0) is 24.1. The summed E-state index contributed by atoms with van der Waals surface area (Å²) < 4.78 is 26.7. The quantitative estimate of drug-likeness (QED) is 0.623. The van der Waals surface area contributed by atoms with E-state index in [9.17, 15) is 9.59 Å². The summed E-state index contributed by atoms with van der Waals surface area (Å²) in [5, 5.41) is 2.94. The number of benzene rings is 2. The molecular weight excluding hydrogens is 440 g/mol. The van der Waals surface area contributed by atoms with Crippen LogP contribution in [0.4, 0.5) is 5.69 Å². The van der Waals surface area contributed by atoms with Gasteiger partial charge in [0, 0.05) is 36.8 Å². The molecule has 0 atom stereocenters. The first kappa shape index (κ1) is 23.3. The Morgan fingerprint density at radius 2 is 1.65 bits per heavy atom. The zero-order valence-corrected chi connectivity index (χ0v) is 19.5. The molecule has 0 aliphatic carbocycles. The summed E-state index contributed by atoms with van der Waals surface area (Å²) >= 11 is 0. The van der Waals surface area contributed by atoms with E-state index < -0.39 is 0 Å². The van der Waals surface area contributed by atoms with Gasteiger partial charge >= 0.3 is 0 Å². The fraction of sp³-hybridized carbons (Fsp3) is 0.360. The molecule has 2 heterocycles. The van der Waals surface area contributed by atoms with E-state index in [1.807, 2.05) is 0 Å². The number of nitrogens with zero attached hydrogens (tertiary/aromatic N) is 1. The highest BCUT2D eigenvalue weighted by Gasteiger charge is 2.27. The Balaban J connectivity index is 1.32. The molecule has 1 fully saturated rings. The minimum absolute atomic E-state index is 0.0565. The average molecular weight is 469 g/mol. The number of likely N-dealkylation sites (tertiary alicyclic amines) is 1. The van der Waals surface area contributed by atoms with E-state index in [-0.39, 0.29) is 24.5 Å². The standard InChI is InChI=1S/C25H28N2O7/c1-30-21-12-16(13-22(31-2)24(21)32-3)4-7-23(28)27-10-8-17(9-11-27)25(29)26-18-5-6-19-20(14-18)34-15-33-19/h4-7,12-14,17H,8-11,15H2,1-3H3,(H,26,29). The number of ether oxygens (including phenoxy) is 5. The number of hydrogen-bond acceptors (Lipinski definition) is 7. The van der Waals surface area contributed by atoms with Crippen LogP contribution >= 0.6 is 0 Å². The molecule has 9 nitrogen and oxygen atoms in total. The second kappa shape index (κ2) is 10.4. The molecule has 2 aliphatic rings. The van der Waals surface area contributed by atoms with Gasteiger partial charge in [-0.2, -0.15) is 0 Å². The van der Waals surface area contributed by atoms with Crippen molar-refractivity contribution in [2.24, 2.45) is 5.92 Å². The summed E-state index contributed by atoms with van der Waals surface area (Å²) in [7, 11) is 4.63. The Morgan fingerprint density at radius 1 is 0.971 bits per heavy atom. The average Bonchev–Trinajstić information content (AvgIpc) is 3.34. The second-order valence-electron chi connectivity index (χ2n) is 7.95. The van der Waals surface area contributed by atoms with Crippen molar-refractivity contribution in [2.75, 3.05) is 46.5 Å². The van der Waals surface area contributed by atoms with Crippen molar-refractivity contribution in [1.82, 2.24) is 4.90 Å². The van der Waals surface area contributed by atoms with Crippen LogP contribution in [0, 0.1) is 5.92 Å². The van der Waals surface area contributed by atoms with Crippen molar-refractivity contribution >= 4 is 23.6 Å². The van der Waals surface area contributed by atoms with Gasteiger partial charge in [-0.3, -0.25) is 9.59 Å². The molecule has 1 saturated heterocycles. The van der Waals surface area contributed by atoms with Crippen molar-refractivity contribution < 1.29 is 33.3 Å². The molecule has 2 aromatic rings. The van der Waals surface area contributed by atoms with Gasteiger partial charge in [0.25, 0.3) is 0 Å². The Morgan fingerprint density at radius 3 is 2.29 bits per heavy atom. The number of carbonyl (C=O) groups is 2. The van der Waals surface area contributed by atoms with Gasteiger partial charge in [0.15, 0.2) is 23.0 Å². The lowest BCUT2D eigenvalue weighted by Crippen LogP contribution is -2.40. The third-order valence-electron chi connectivity index (χ3n) is 5.92. The van der Waals surface area contributed by atoms with E-state index in [2.05, 4.69) is 5.32 Å². The van der Waals surface area contributed by atoms with Gasteiger partial charge in [-0.05, 0) is 48.7 Å². The molecule has 0 unspecified atom stereocenters. The van der Waals surface area contributed by atoms with Gasteiger partial charge in [-0.25, -0.2) is 0 Å². The fourth-order valence-corrected chi connectivity index (χ4v) is 4.05. The van der Waals surface area contributed by atoms with Gasteiger partial charge in [-0.1, -0.05) is 0 Å². The Kier molecular flexibility index (Phi) is 7.10. The maximum absolute atomic E-state index is 12.7. The molecule has 2 aliphatic heterocycles. The minimum Gasteiger partial charge on any atom is -0.493 e. The number of anilines is 1. The van der Waals surface area contributed by atoms with Gasteiger partial charge in [0.2, 0.25) is 24.4 Å². The van der Waals surface area contributed by atoms with Crippen LogP contribution in [0.15, 0.2) is 36.4 Å². The summed E-state index contributed by atoms with van der Waals surface area (Å²) in [6.07, 6.45) is 4.43. The van der Waals surface area contributed by atoms with E-state index in [1.165, 1.54) is 6.08 Å². The number of nitrogens with one attached hydrogen (secondary N) is 1. The highest BCUT2D eigenvalue weighted by Crippen LogP contribution is 2.38. The van der Waals surface area contributed by atoms with E-state index in [0.717, 1.165) is 5.56 Å². The van der Waals surface area contributed by atoms with E-state index in [0.29, 0.717) is 60.4 Å². The molecule has 180 valence electrons. The van der Waals surface area contributed by atoms with Crippen molar-refractivity contribution in [3.8, 4) is 28.7 Å². The number of rotatable bonds is 7. The summed E-state index contributed by atoms with van der Waals surface area (Å²) in [4.78, 5) is 27.1. The van der Waals surface area contributed by atoms with Crippen molar-refractivity contribution in [2.45, 2.75) is 12.8 Å². The summed E-state index contributed by atoms with van der Waals surface area (Å²) in [5.41, 5.74) is 1.42. The first-order valence-electron chi connectivity index (χ1n) is 11.0. The molecule has 0 aromatic heterocycles. The molecule has 1 N–H and O–H groups in total. The first-order chi connectivity index (χ1) is 16.5. The molecule has 0 spiro atoms. The Hall–Kier alpha value is -3.88. The third kappa shape index (κ3) is 5.03. The Bertz CT molecular complexity index is 1070. The maximum atomic E-state index is 12.7. The van der Waals surface area contributed by atoms with Crippen LogP contribution in [-0.2, 0) is 9.59 Å². The number of hydrogen-bond donors (Lipinski definition) is 1. The third-order valence-corrected chi connectivity index (χ3v) is 5.92. The van der Waals surface area contributed by atoms with Crippen LogP contribution in [-0.4, -0.2) is 57.9 Å². The molecule has 2 aromatic carbocycles. The zero-order valence-electron chi connectivity index (χ0n) is 19.5. The van der Waals surface area contributed by atoms with E-state index in [1.54, 1.807) is 62.6 Å². The number of carbonyl (C=O) groups excluding carboxylic acids is 2. The van der Waals surface area contributed by atoms with Crippen LogP contribution in [0.3, 0.4) is 0 Å². The normalized spacial score (nSPS) is 15.3. The fourth-order valence-electron chi connectivity index (χ4n) is 4.05. The van der Waals surface area contributed by atoms with Gasteiger partial charge in [-0.15, -0.1) is 0 Å². The van der Waals surface area contributed by atoms with Crippen LogP contribution in [0.5, 0.6) is 28.7 Å². The van der Waals surface area contributed by atoms with E-state index in [4.69, 9.17) is 23.7 Å². The van der Waals surface area contributed by atoms with Crippen LogP contribution in [0.1, 0.15) is 18.4 Å². The smallest absolute Gasteiger partial charge is 0.246 e. The number of methoxy groups -OCH3 is 3. The van der Waals surface area contributed by atoms with Gasteiger partial charge in [0.1, 0.15) is 0 Å². The molecule has 0 saturated carbocycles. The lowest BCUT2D eigenvalue weighted by molar-refractivity contribution is -0.130. The summed E-state index contributed by atoms with van der Waals surface area (Å²) in [5.74, 6) is 2.50. The maximum Gasteiger partial charge on any atom is 0.246 e. The molecule has 34 heavy (non-hydrogen) atoms. The SMILES string of the molecule is COc1cc(C=CC(=O)N2CCC(C(=O)Nc3ccc4c(c3)OCO4)CC2)cc(OC)c1OC. The number of fused-ring (bicyclic) bond motifs is 1. The highest BCUT2D eigenvalue weighted by molar-refractivity contribution is 5.94. The van der Waals surface area contributed by atoms with Crippen molar-refractivity contribution in [1.29, 1.82) is 0 Å². The van der Waals surface area contributed by atoms with Gasteiger partial charge in [0.05, 0.1) is 21.3 Å². The summed E-state index contributed by atoms with van der Waals surface area (Å²) in [6.45, 7) is 1.21. The Labute approximate surface area is 198 Å². The monoisotopic (exact) mass is 468 g/mol. The first-order valence-corrected chi connectivity index (χ1v) is 11.0. The predicted molar refractivity (Wildman–Crippen MR) is 126 cm³/mol. The number of amides is 2. The second-order valence-corrected chi connectivity index (χ2v) is 7.95. The molecule has 0 bridgehead atoms. The van der Waals surface area contributed by atoms with Crippen LogP contribution in [0.25, 0.3) is 6.08 Å². The van der Waals surface area contributed by atoms with Crippen LogP contribution in [0.2, 0.25) is 0 Å². The summed E-state index contributed by atoms with van der Waals surface area (Å²) in [6, 6.07) is 8.88. The van der Waals surface area contributed by atoms with Gasteiger partial charge < -0.3 is 33.9 Å². The molecule has 9 heteroatoms. The largest absolute Gasteiger partial charge is 0.493 e. The lowest BCUT2D eigenvalue weighted by atomic mass is 9.95. The molecule has 0 radical (unpaired) electrons. The molecule has 4 rings (SSSR count). The van der Waals surface area contributed by atoms with Crippen LogP contribution < -0.4 is 29.0 Å². The number of piperidine rings is 1. The minimum atomic E-state index is -0.159. The van der Waals surface area contributed by atoms with E-state index >= 15 is 0 Å². The predicted octanol–water partition coefficient (Wildman–Crippen LogP) is 3.33. The lowest BCUT2D eigenvalue weighted by Gasteiger charge is -2.30. The topological polar surface area (TPSA) is 95.6 Å². The molecular formula is C25H28N2O7. The van der Waals surface area contributed by atoms with Crippen molar-refractivity contribution in [3.63, 3.8) is 0 Å². The highest BCUT2D eigenvalue weighted by atomic mass is 16.7. The van der Waals surface area contributed by atoms with Crippen molar-refractivity contribution in [3.05, 3.63) is 42.0 Å². The molecule has 2 amide bonds.